The van der Waals surface area contributed by atoms with Crippen LogP contribution in [0.4, 0.5) is 5.95 Å². The molecule has 0 amide bonds. The SMILES string of the molecule is Nc1nnc(SCC(=O)O)n1C1CC1. The van der Waals surface area contributed by atoms with Gasteiger partial charge in [-0.3, -0.25) is 9.36 Å². The Hall–Kier alpha value is -1.24. The first kappa shape index (κ1) is 9.32. The summed E-state index contributed by atoms with van der Waals surface area (Å²) in [5.41, 5.74) is 5.62. The van der Waals surface area contributed by atoms with Gasteiger partial charge in [0, 0.05) is 6.04 Å². The van der Waals surface area contributed by atoms with Crippen LogP contribution in [0.3, 0.4) is 0 Å². The first-order chi connectivity index (χ1) is 6.68. The summed E-state index contributed by atoms with van der Waals surface area (Å²) in [6, 6.07) is 0.376. The molecule has 1 aliphatic carbocycles. The molecule has 1 fully saturated rings. The lowest BCUT2D eigenvalue weighted by atomic mass is 10.7. The zero-order valence-corrected chi connectivity index (χ0v) is 8.20. The standard InChI is InChI=1S/C7H10N4O2S/c8-6-9-10-7(14-3-5(12)13)11(6)4-1-2-4/h4H,1-3H2,(H2,8,9)(H,12,13). The summed E-state index contributed by atoms with van der Waals surface area (Å²) in [5.74, 6) is -0.496. The van der Waals surface area contributed by atoms with Gasteiger partial charge < -0.3 is 10.8 Å². The van der Waals surface area contributed by atoms with Crippen molar-refractivity contribution in [1.29, 1.82) is 0 Å². The van der Waals surface area contributed by atoms with Gasteiger partial charge in [0.25, 0.3) is 0 Å². The Morgan fingerprint density at radius 3 is 2.93 bits per heavy atom. The number of hydrogen-bond acceptors (Lipinski definition) is 5. The molecule has 7 heteroatoms. The predicted octanol–water partition coefficient (Wildman–Crippen LogP) is 0.372. The lowest BCUT2D eigenvalue weighted by Gasteiger charge is -2.03. The molecule has 1 aromatic rings. The van der Waals surface area contributed by atoms with E-state index in [0.717, 1.165) is 24.6 Å². The Morgan fingerprint density at radius 1 is 1.64 bits per heavy atom. The fourth-order valence-corrected chi connectivity index (χ4v) is 1.92. The molecule has 2 rings (SSSR count). The van der Waals surface area contributed by atoms with E-state index in [1.54, 1.807) is 0 Å². The third kappa shape index (κ3) is 1.82. The van der Waals surface area contributed by atoms with E-state index in [1.807, 2.05) is 4.57 Å². The normalized spacial score (nSPS) is 15.7. The van der Waals surface area contributed by atoms with Crippen LogP contribution in [-0.2, 0) is 4.79 Å². The van der Waals surface area contributed by atoms with E-state index < -0.39 is 5.97 Å². The molecule has 6 nitrogen and oxygen atoms in total. The van der Waals surface area contributed by atoms with E-state index in [1.165, 1.54) is 0 Å². The fraction of sp³-hybridized carbons (Fsp3) is 0.571. The van der Waals surface area contributed by atoms with Crippen LogP contribution in [0.5, 0.6) is 0 Å². The smallest absolute Gasteiger partial charge is 0.313 e. The summed E-state index contributed by atoms with van der Waals surface area (Å²) in [4.78, 5) is 10.4. The largest absolute Gasteiger partial charge is 0.481 e. The van der Waals surface area contributed by atoms with Crippen molar-refractivity contribution in [2.75, 3.05) is 11.5 Å². The van der Waals surface area contributed by atoms with Crippen LogP contribution in [0.15, 0.2) is 5.16 Å². The quantitative estimate of drug-likeness (QED) is 0.703. The number of carbonyl (C=O) groups is 1. The van der Waals surface area contributed by atoms with Crippen molar-refractivity contribution in [2.45, 2.75) is 24.0 Å². The summed E-state index contributed by atoms with van der Waals surface area (Å²) in [6.07, 6.45) is 2.14. The topological polar surface area (TPSA) is 94.0 Å². The van der Waals surface area contributed by atoms with Gasteiger partial charge in [0.05, 0.1) is 5.75 Å². The van der Waals surface area contributed by atoms with Crippen LogP contribution in [0.2, 0.25) is 0 Å². The number of nitrogen functional groups attached to an aromatic ring is 1. The second kappa shape index (κ2) is 3.49. The summed E-state index contributed by atoms with van der Waals surface area (Å²) in [7, 11) is 0. The molecule has 0 saturated heterocycles. The Labute approximate surface area is 84.5 Å². The molecule has 0 atom stereocenters. The average molecular weight is 214 g/mol. The lowest BCUT2D eigenvalue weighted by molar-refractivity contribution is -0.133. The maximum Gasteiger partial charge on any atom is 0.313 e. The fourth-order valence-electron chi connectivity index (χ4n) is 1.19. The maximum absolute atomic E-state index is 10.4. The average Bonchev–Trinajstić information content (AvgIpc) is 2.88. The minimum atomic E-state index is -0.862. The van der Waals surface area contributed by atoms with Crippen molar-refractivity contribution in [2.24, 2.45) is 0 Å². The van der Waals surface area contributed by atoms with E-state index in [0.29, 0.717) is 17.1 Å². The highest BCUT2D eigenvalue weighted by Gasteiger charge is 2.28. The van der Waals surface area contributed by atoms with Crippen LogP contribution in [0.1, 0.15) is 18.9 Å². The highest BCUT2D eigenvalue weighted by molar-refractivity contribution is 7.99. The van der Waals surface area contributed by atoms with Gasteiger partial charge in [-0.1, -0.05) is 11.8 Å². The Morgan fingerprint density at radius 2 is 2.36 bits per heavy atom. The molecule has 0 aromatic carbocycles. The molecule has 0 spiro atoms. The van der Waals surface area contributed by atoms with Gasteiger partial charge in [-0.25, -0.2) is 0 Å². The molecular weight excluding hydrogens is 204 g/mol. The van der Waals surface area contributed by atoms with Crippen LogP contribution in [0.25, 0.3) is 0 Å². The van der Waals surface area contributed by atoms with Gasteiger partial charge in [-0.15, -0.1) is 10.2 Å². The first-order valence-corrected chi connectivity index (χ1v) is 5.22. The van der Waals surface area contributed by atoms with Crippen LogP contribution in [-0.4, -0.2) is 31.6 Å². The highest BCUT2D eigenvalue weighted by Crippen LogP contribution is 2.39. The van der Waals surface area contributed by atoms with Crippen LogP contribution in [0, 0.1) is 0 Å². The number of carboxylic acid groups (broad SMARTS) is 1. The van der Waals surface area contributed by atoms with Crippen LogP contribution >= 0.6 is 11.8 Å². The molecule has 0 unspecified atom stereocenters. The van der Waals surface area contributed by atoms with Crippen molar-refractivity contribution in [3.05, 3.63) is 0 Å². The molecule has 0 aliphatic heterocycles. The van der Waals surface area contributed by atoms with Gasteiger partial charge in [0.1, 0.15) is 0 Å². The maximum atomic E-state index is 10.4. The molecule has 1 heterocycles. The number of rotatable bonds is 4. The third-order valence-electron chi connectivity index (χ3n) is 1.93. The zero-order valence-electron chi connectivity index (χ0n) is 7.38. The Bertz CT molecular complexity index is 361. The molecule has 1 aliphatic rings. The van der Waals surface area contributed by atoms with Crippen molar-refractivity contribution >= 4 is 23.7 Å². The minimum Gasteiger partial charge on any atom is -0.481 e. The zero-order chi connectivity index (χ0) is 10.1. The second-order valence-electron chi connectivity index (χ2n) is 3.12. The summed E-state index contributed by atoms with van der Waals surface area (Å²) < 4.78 is 1.81. The Balaban J connectivity index is 2.12. The van der Waals surface area contributed by atoms with Gasteiger partial charge in [-0.05, 0) is 12.8 Å². The number of carboxylic acids is 1. The van der Waals surface area contributed by atoms with Gasteiger partial charge in [0.2, 0.25) is 5.95 Å². The van der Waals surface area contributed by atoms with Gasteiger partial charge in [-0.2, -0.15) is 0 Å². The molecule has 1 aromatic heterocycles. The number of hydrogen-bond donors (Lipinski definition) is 2. The van der Waals surface area contributed by atoms with E-state index in [4.69, 9.17) is 10.8 Å². The molecule has 3 N–H and O–H groups in total. The van der Waals surface area contributed by atoms with E-state index >= 15 is 0 Å². The first-order valence-electron chi connectivity index (χ1n) is 4.23. The molecule has 76 valence electrons. The lowest BCUT2D eigenvalue weighted by Crippen LogP contribution is -2.04. The van der Waals surface area contributed by atoms with Crippen molar-refractivity contribution < 1.29 is 9.90 Å². The monoisotopic (exact) mass is 214 g/mol. The molecule has 0 radical (unpaired) electrons. The predicted molar refractivity (Wildman–Crippen MR) is 51.1 cm³/mol. The summed E-state index contributed by atoms with van der Waals surface area (Å²) in [6.45, 7) is 0. The van der Waals surface area contributed by atoms with E-state index in [9.17, 15) is 4.79 Å². The van der Waals surface area contributed by atoms with Crippen molar-refractivity contribution in [3.63, 3.8) is 0 Å². The minimum absolute atomic E-state index is 0.00907. The molecular formula is C7H10N4O2S. The second-order valence-corrected chi connectivity index (χ2v) is 4.07. The van der Waals surface area contributed by atoms with Crippen molar-refractivity contribution in [1.82, 2.24) is 14.8 Å². The van der Waals surface area contributed by atoms with Crippen molar-refractivity contribution in [3.8, 4) is 0 Å². The Kier molecular flexibility index (Phi) is 2.32. The number of anilines is 1. The number of aromatic nitrogens is 3. The number of nitrogens with zero attached hydrogens (tertiary/aromatic N) is 3. The number of thioether (sulfide) groups is 1. The number of nitrogens with two attached hydrogens (primary N) is 1. The molecule has 1 saturated carbocycles. The highest BCUT2D eigenvalue weighted by atomic mass is 32.2. The van der Waals surface area contributed by atoms with Gasteiger partial charge >= 0.3 is 5.97 Å². The van der Waals surface area contributed by atoms with Gasteiger partial charge in [0.15, 0.2) is 5.16 Å². The third-order valence-corrected chi connectivity index (χ3v) is 2.86. The summed E-state index contributed by atoms with van der Waals surface area (Å²) in [5, 5.41) is 16.7. The molecule has 14 heavy (non-hydrogen) atoms. The summed E-state index contributed by atoms with van der Waals surface area (Å²) >= 11 is 1.15. The number of aliphatic carboxylic acids is 1. The van der Waals surface area contributed by atoms with E-state index in [2.05, 4.69) is 10.2 Å². The van der Waals surface area contributed by atoms with E-state index in [-0.39, 0.29) is 5.75 Å². The van der Waals surface area contributed by atoms with Crippen LogP contribution < -0.4 is 5.73 Å². The molecule has 0 bridgehead atoms.